The van der Waals surface area contributed by atoms with E-state index in [0.29, 0.717) is 15.8 Å². The van der Waals surface area contributed by atoms with Crippen molar-refractivity contribution >= 4 is 56.6 Å². The summed E-state index contributed by atoms with van der Waals surface area (Å²) in [4.78, 5) is 20.6. The van der Waals surface area contributed by atoms with Crippen LogP contribution >= 0.6 is 35.3 Å². The van der Waals surface area contributed by atoms with Crippen molar-refractivity contribution in [2.24, 2.45) is 0 Å². The van der Waals surface area contributed by atoms with Gasteiger partial charge in [-0.15, -0.1) is 6.58 Å². The fraction of sp³-hybridized carbons (Fsp3) is 0.238. The quantitative estimate of drug-likeness (QED) is 0.303. The fourth-order valence-corrected chi connectivity index (χ4v) is 5.34. The van der Waals surface area contributed by atoms with Gasteiger partial charge < -0.3 is 0 Å². The Morgan fingerprint density at radius 1 is 1.28 bits per heavy atom. The number of hydrogen-bond donors (Lipinski definition) is 0. The first-order valence-electron chi connectivity index (χ1n) is 9.33. The maximum atomic E-state index is 12.8. The summed E-state index contributed by atoms with van der Waals surface area (Å²) in [5, 5.41) is 5.79. The summed E-state index contributed by atoms with van der Waals surface area (Å²) in [6.45, 7) is 8.31. The standard InChI is InChI=1S/C21H20N4OS3/c1-4-6-17-23-25-15(12-16-19(26)24(11-5-2)21(27)28-16)18(22-20(25)29-17)14-9-7-13(3)8-10-14/h5,7-10,12H,2,4,6,11H2,1,3H3/b16-12-. The molecule has 0 radical (unpaired) electrons. The summed E-state index contributed by atoms with van der Waals surface area (Å²) >= 11 is 8.27. The van der Waals surface area contributed by atoms with Crippen molar-refractivity contribution < 1.29 is 4.79 Å². The second-order valence-electron chi connectivity index (χ2n) is 6.73. The third-order valence-electron chi connectivity index (χ3n) is 4.52. The van der Waals surface area contributed by atoms with Gasteiger partial charge >= 0.3 is 0 Å². The molecule has 8 heteroatoms. The fourth-order valence-electron chi connectivity index (χ4n) is 3.08. The van der Waals surface area contributed by atoms with Gasteiger partial charge in [-0.25, -0.2) is 9.50 Å². The van der Waals surface area contributed by atoms with Gasteiger partial charge in [0.15, 0.2) is 0 Å². The Morgan fingerprint density at radius 3 is 2.72 bits per heavy atom. The zero-order chi connectivity index (χ0) is 20.5. The van der Waals surface area contributed by atoms with Crippen LogP contribution in [0.1, 0.15) is 29.6 Å². The van der Waals surface area contributed by atoms with E-state index in [1.807, 2.05) is 10.6 Å². The molecule has 0 atom stereocenters. The number of thiocarbonyl (C=S) groups is 1. The number of carbonyl (C=O) groups excluding carboxylic acids is 1. The van der Waals surface area contributed by atoms with Crippen LogP contribution in [0.5, 0.6) is 0 Å². The van der Waals surface area contributed by atoms with Crippen molar-refractivity contribution in [1.82, 2.24) is 19.5 Å². The molecule has 1 fully saturated rings. The molecule has 1 amide bonds. The Bertz CT molecular complexity index is 1140. The monoisotopic (exact) mass is 440 g/mol. The van der Waals surface area contributed by atoms with E-state index in [0.717, 1.165) is 39.8 Å². The molecule has 5 nitrogen and oxygen atoms in total. The molecule has 0 saturated carbocycles. The first kappa shape index (κ1) is 20.0. The van der Waals surface area contributed by atoms with Gasteiger partial charge in [-0.1, -0.05) is 78.1 Å². The normalized spacial score (nSPS) is 15.8. The number of fused-ring (bicyclic) bond motifs is 1. The molecular formula is C21H20N4OS3. The molecule has 1 saturated heterocycles. The minimum atomic E-state index is -0.103. The van der Waals surface area contributed by atoms with Crippen LogP contribution < -0.4 is 0 Å². The summed E-state index contributed by atoms with van der Waals surface area (Å²) in [5.74, 6) is -0.103. The third-order valence-corrected chi connectivity index (χ3v) is 6.87. The van der Waals surface area contributed by atoms with Gasteiger partial charge in [-0.3, -0.25) is 9.69 Å². The molecule has 4 rings (SSSR count). The Kier molecular flexibility index (Phi) is 5.67. The van der Waals surface area contributed by atoms with Crippen LogP contribution in [0.3, 0.4) is 0 Å². The first-order chi connectivity index (χ1) is 14.0. The molecule has 1 aliphatic rings. The highest BCUT2D eigenvalue weighted by Crippen LogP contribution is 2.35. The SMILES string of the molecule is C=CCN1C(=O)/C(=C/c2c(-c3ccc(C)cc3)nc3sc(CCC)nn23)SC1=S. The summed E-state index contributed by atoms with van der Waals surface area (Å²) in [6.07, 6.45) is 5.48. The maximum absolute atomic E-state index is 12.8. The molecule has 3 aromatic rings. The number of aryl methyl sites for hydroxylation is 2. The number of rotatable bonds is 6. The van der Waals surface area contributed by atoms with Gasteiger partial charge in [0, 0.05) is 18.5 Å². The van der Waals surface area contributed by atoms with E-state index in [9.17, 15) is 4.79 Å². The van der Waals surface area contributed by atoms with Crippen LogP contribution in [0.4, 0.5) is 0 Å². The van der Waals surface area contributed by atoms with E-state index in [1.165, 1.54) is 17.3 Å². The van der Waals surface area contributed by atoms with Crippen molar-refractivity contribution in [3.8, 4) is 11.3 Å². The van der Waals surface area contributed by atoms with Crippen molar-refractivity contribution in [3.63, 3.8) is 0 Å². The zero-order valence-electron chi connectivity index (χ0n) is 16.2. The van der Waals surface area contributed by atoms with E-state index in [-0.39, 0.29) is 5.91 Å². The number of benzene rings is 1. The van der Waals surface area contributed by atoms with E-state index >= 15 is 0 Å². The minimum absolute atomic E-state index is 0.103. The maximum Gasteiger partial charge on any atom is 0.266 e. The smallest absolute Gasteiger partial charge is 0.266 e. The summed E-state index contributed by atoms with van der Waals surface area (Å²) in [5.41, 5.74) is 3.81. The van der Waals surface area contributed by atoms with Gasteiger partial charge in [0.05, 0.1) is 16.3 Å². The van der Waals surface area contributed by atoms with Gasteiger partial charge in [-0.05, 0) is 19.4 Å². The zero-order valence-corrected chi connectivity index (χ0v) is 18.7. The van der Waals surface area contributed by atoms with Crippen LogP contribution in [0.2, 0.25) is 0 Å². The minimum Gasteiger partial charge on any atom is -0.289 e. The molecule has 0 bridgehead atoms. The van der Waals surface area contributed by atoms with Crippen molar-refractivity contribution in [3.05, 3.63) is 58.1 Å². The summed E-state index contributed by atoms with van der Waals surface area (Å²) in [7, 11) is 0. The number of nitrogens with zero attached hydrogens (tertiary/aromatic N) is 4. The van der Waals surface area contributed by atoms with Crippen LogP contribution in [0.25, 0.3) is 22.3 Å². The molecule has 1 aromatic carbocycles. The number of aromatic nitrogens is 3. The molecule has 0 spiro atoms. The van der Waals surface area contributed by atoms with E-state index in [2.05, 4.69) is 44.7 Å². The van der Waals surface area contributed by atoms with Crippen LogP contribution in [0.15, 0.2) is 41.8 Å². The van der Waals surface area contributed by atoms with Gasteiger partial charge in [0.2, 0.25) is 4.96 Å². The molecule has 2 aromatic heterocycles. The predicted molar refractivity (Wildman–Crippen MR) is 125 cm³/mol. The van der Waals surface area contributed by atoms with Crippen LogP contribution in [-0.4, -0.2) is 36.3 Å². The van der Waals surface area contributed by atoms with Gasteiger partial charge in [0.1, 0.15) is 9.33 Å². The second-order valence-corrected chi connectivity index (χ2v) is 9.45. The highest BCUT2D eigenvalue weighted by atomic mass is 32.2. The lowest BCUT2D eigenvalue weighted by atomic mass is 10.1. The van der Waals surface area contributed by atoms with Crippen LogP contribution in [0, 0.1) is 6.92 Å². The molecule has 0 unspecified atom stereocenters. The number of imidazole rings is 1. The highest BCUT2D eigenvalue weighted by Gasteiger charge is 2.32. The number of amides is 1. The van der Waals surface area contributed by atoms with Gasteiger partial charge in [0.25, 0.3) is 5.91 Å². The Morgan fingerprint density at radius 2 is 2.03 bits per heavy atom. The number of hydrogen-bond acceptors (Lipinski definition) is 6. The summed E-state index contributed by atoms with van der Waals surface area (Å²) < 4.78 is 2.40. The highest BCUT2D eigenvalue weighted by molar-refractivity contribution is 8.26. The average molecular weight is 441 g/mol. The van der Waals surface area contributed by atoms with E-state index < -0.39 is 0 Å². The summed E-state index contributed by atoms with van der Waals surface area (Å²) in [6, 6.07) is 8.22. The molecule has 148 valence electrons. The molecular weight excluding hydrogens is 420 g/mol. The first-order valence-corrected chi connectivity index (χ1v) is 11.4. The Hall–Kier alpha value is -2.29. The molecule has 0 N–H and O–H groups in total. The lowest BCUT2D eigenvalue weighted by Gasteiger charge is -2.10. The van der Waals surface area contributed by atoms with Crippen LogP contribution in [-0.2, 0) is 11.2 Å². The molecule has 1 aliphatic heterocycles. The van der Waals surface area contributed by atoms with Crippen molar-refractivity contribution in [2.45, 2.75) is 26.7 Å². The lowest BCUT2D eigenvalue weighted by Crippen LogP contribution is -2.27. The topological polar surface area (TPSA) is 50.5 Å². The lowest BCUT2D eigenvalue weighted by molar-refractivity contribution is -0.121. The average Bonchev–Trinajstić information content (AvgIpc) is 3.31. The third kappa shape index (κ3) is 3.80. The van der Waals surface area contributed by atoms with E-state index in [1.54, 1.807) is 22.3 Å². The van der Waals surface area contributed by atoms with E-state index in [4.69, 9.17) is 22.3 Å². The second kappa shape index (κ2) is 8.22. The van der Waals surface area contributed by atoms with Gasteiger partial charge in [-0.2, -0.15) is 5.10 Å². The largest absolute Gasteiger partial charge is 0.289 e. The van der Waals surface area contributed by atoms with Crippen molar-refractivity contribution in [2.75, 3.05) is 6.54 Å². The predicted octanol–water partition coefficient (Wildman–Crippen LogP) is 5.11. The molecule has 29 heavy (non-hydrogen) atoms. The molecule has 0 aliphatic carbocycles. The van der Waals surface area contributed by atoms with Crippen molar-refractivity contribution in [1.29, 1.82) is 0 Å². The number of thioether (sulfide) groups is 1. The molecule has 3 heterocycles. The Balaban J connectivity index is 1.85. The Labute approximate surface area is 183 Å². The number of carbonyl (C=O) groups is 1.